The van der Waals surface area contributed by atoms with Gasteiger partial charge in [-0.3, -0.25) is 24.0 Å². The van der Waals surface area contributed by atoms with Crippen LogP contribution in [-0.2, 0) is 19.2 Å². The number of benzene rings is 6. The first-order valence-electron chi connectivity index (χ1n) is 24.9. The third kappa shape index (κ3) is 24.8. The van der Waals surface area contributed by atoms with Crippen LogP contribution in [0.4, 0.5) is 52.7 Å². The summed E-state index contributed by atoms with van der Waals surface area (Å²) in [5.74, 6) is -9.33. The summed E-state index contributed by atoms with van der Waals surface area (Å²) in [6.45, 7) is 0. The van der Waals surface area contributed by atoms with E-state index >= 15 is 0 Å². The Morgan fingerprint density at radius 3 is 1.02 bits per heavy atom. The van der Waals surface area contributed by atoms with E-state index in [2.05, 4.69) is 14.2 Å². The first-order chi connectivity index (χ1) is 38.6. The van der Waals surface area contributed by atoms with E-state index in [1.807, 2.05) is 0 Å². The topological polar surface area (TPSA) is 183 Å². The predicted octanol–water partition coefficient (Wildman–Crippen LogP) is 16.2. The summed E-state index contributed by atoms with van der Waals surface area (Å²) in [5, 5.41) is 25.7. The molecule has 0 saturated heterocycles. The van der Waals surface area contributed by atoms with Gasteiger partial charge >= 0.3 is 37.0 Å². The minimum Gasteiger partial charge on any atom is -0.508 e. The van der Waals surface area contributed by atoms with Gasteiger partial charge in [0.05, 0.1) is 0 Å². The summed E-state index contributed by atoms with van der Waals surface area (Å²) in [6.07, 6.45) is -7.35. The minimum absolute atomic E-state index is 0.0165. The van der Waals surface area contributed by atoms with E-state index in [-0.39, 0.29) is 48.3 Å². The molecule has 82 heavy (non-hydrogen) atoms. The first-order valence-corrected chi connectivity index (χ1v) is 24.9. The number of halogens is 12. The number of carboxylic acid groups (broad SMARTS) is 2. The number of carboxylic acids is 2. The number of hydrogen-bond donors (Lipinski definition) is 3. The number of alkyl halides is 9. The highest BCUT2D eigenvalue weighted by Crippen LogP contribution is 2.33. The Morgan fingerprint density at radius 1 is 0.378 bits per heavy atom. The summed E-state index contributed by atoms with van der Waals surface area (Å²) in [6, 6.07) is 26.6. The number of aromatic hydroxyl groups is 1. The lowest BCUT2D eigenvalue weighted by atomic mass is 9.99. The van der Waals surface area contributed by atoms with Crippen LogP contribution in [0, 0.1) is 17.5 Å². The quantitative estimate of drug-likeness (QED) is 0.0123. The van der Waals surface area contributed by atoms with E-state index in [1.165, 1.54) is 91.0 Å². The van der Waals surface area contributed by atoms with Crippen molar-refractivity contribution in [2.24, 2.45) is 0 Å². The second kappa shape index (κ2) is 31.4. The highest BCUT2D eigenvalue weighted by molar-refractivity contribution is 6.43. The standard InChI is InChI=1S/C36H28F8O6.C13H8F4O2.C9H16O4/c37-28-20-25(14-18-31(28)49-35(39,40)41)22-8-10-24(11-9-22)34(47)30(45)6-4-2-1-3-5-7-33(46)48-27-16-12-23(13-17-27)26-15-19-32(29(38)21-26)50-36(42,43)44;14-11-7-9(8-1-4-10(18)5-2-8)3-6-12(11)19-13(15,16)17;10-8(11)6-4-2-1-3-5-7-9(12)13/h8-21H,1-7H2;1-7,18H;1-7H2,(H,10,11)(H,12,13). The molecule has 6 aromatic rings. The van der Waals surface area contributed by atoms with Gasteiger partial charge in [0, 0.05) is 31.2 Å². The molecule has 0 radical (unpaired) electrons. The first kappa shape index (κ1) is 65.9. The highest BCUT2D eigenvalue weighted by Gasteiger charge is 2.34. The second-order valence-electron chi connectivity index (χ2n) is 17.8. The molecule has 0 aliphatic rings. The fraction of sp³-hybridized carbons (Fsp3) is 0.293. The van der Waals surface area contributed by atoms with Crippen LogP contribution in [0.3, 0.4) is 0 Å². The zero-order chi connectivity index (χ0) is 60.6. The third-order valence-electron chi connectivity index (χ3n) is 11.4. The molecule has 0 aliphatic heterocycles. The smallest absolute Gasteiger partial charge is 0.508 e. The predicted molar refractivity (Wildman–Crippen MR) is 272 cm³/mol. The molecule has 0 saturated carbocycles. The number of esters is 1. The average molecular weight is 1170 g/mol. The fourth-order valence-corrected chi connectivity index (χ4v) is 7.47. The molecule has 24 heteroatoms. The van der Waals surface area contributed by atoms with Gasteiger partial charge in [-0.2, -0.15) is 0 Å². The summed E-state index contributed by atoms with van der Waals surface area (Å²) < 4.78 is 168. The maximum absolute atomic E-state index is 14.0. The van der Waals surface area contributed by atoms with Crippen LogP contribution in [0.1, 0.15) is 100 Å². The molecule has 3 N–H and O–H groups in total. The van der Waals surface area contributed by atoms with Crippen LogP contribution in [0.15, 0.2) is 127 Å². The van der Waals surface area contributed by atoms with Crippen LogP contribution in [0.5, 0.6) is 28.7 Å². The number of aliphatic carboxylic acids is 2. The number of rotatable bonds is 25. The Kier molecular flexibility index (Phi) is 25.3. The molecule has 12 nitrogen and oxygen atoms in total. The maximum atomic E-state index is 14.0. The van der Waals surface area contributed by atoms with Gasteiger partial charge in [-0.05, 0) is 120 Å². The number of ketones is 2. The Balaban J connectivity index is 0.000000365. The van der Waals surface area contributed by atoms with Crippen LogP contribution < -0.4 is 18.9 Å². The molecule has 440 valence electrons. The molecule has 0 fully saturated rings. The van der Waals surface area contributed by atoms with Crippen LogP contribution in [0.25, 0.3) is 33.4 Å². The van der Waals surface area contributed by atoms with Crippen molar-refractivity contribution in [2.45, 2.75) is 109 Å². The SMILES string of the molecule is O=C(CCCCCCCC(=O)C(=O)c1ccc(-c2ccc(OC(F)(F)F)c(F)c2)cc1)Oc1ccc(-c2ccc(OC(F)(F)F)c(F)c2)cc1.O=C(O)CCCCCCCC(=O)O.Oc1ccc(-c2ccc(OC(F)(F)F)c(F)c2)cc1. The lowest BCUT2D eigenvalue weighted by Crippen LogP contribution is -2.17. The lowest BCUT2D eigenvalue weighted by molar-refractivity contribution is -0.276. The number of phenols is 1. The van der Waals surface area contributed by atoms with E-state index in [4.69, 9.17) is 20.1 Å². The average Bonchev–Trinajstić information content (AvgIpc) is 3.53. The van der Waals surface area contributed by atoms with Crippen LogP contribution in [0.2, 0.25) is 0 Å². The van der Waals surface area contributed by atoms with Crippen LogP contribution >= 0.6 is 0 Å². The molecule has 0 heterocycles. The number of Topliss-reactive ketones (excluding diaryl/α,β-unsaturated/α-hetero) is 2. The van der Waals surface area contributed by atoms with Crippen molar-refractivity contribution in [3.05, 3.63) is 150 Å². The summed E-state index contributed by atoms with van der Waals surface area (Å²) >= 11 is 0. The number of hydrogen-bond acceptors (Lipinski definition) is 10. The van der Waals surface area contributed by atoms with Crippen molar-refractivity contribution in [3.8, 4) is 62.1 Å². The molecular formula is C58H52F12O12. The molecule has 0 atom stereocenters. The Labute approximate surface area is 460 Å². The number of unbranched alkanes of at least 4 members (excludes halogenated alkanes) is 8. The number of ether oxygens (including phenoxy) is 4. The van der Waals surface area contributed by atoms with Gasteiger partial charge in [0.1, 0.15) is 11.5 Å². The Bertz CT molecular complexity index is 3030. The molecule has 6 aromatic carbocycles. The monoisotopic (exact) mass is 1170 g/mol. The zero-order valence-corrected chi connectivity index (χ0v) is 43.1. The number of carbonyl (C=O) groups is 5. The van der Waals surface area contributed by atoms with Gasteiger partial charge in [0.25, 0.3) is 0 Å². The number of phenolic OH excluding ortho intramolecular Hbond substituents is 1. The van der Waals surface area contributed by atoms with E-state index < -0.39 is 83.3 Å². The van der Waals surface area contributed by atoms with E-state index in [0.717, 1.165) is 55.7 Å². The van der Waals surface area contributed by atoms with Crippen molar-refractivity contribution >= 4 is 29.5 Å². The maximum Gasteiger partial charge on any atom is 0.573 e. The van der Waals surface area contributed by atoms with E-state index in [9.17, 15) is 76.7 Å². The second-order valence-corrected chi connectivity index (χ2v) is 17.8. The van der Waals surface area contributed by atoms with Crippen molar-refractivity contribution in [2.75, 3.05) is 0 Å². The van der Waals surface area contributed by atoms with Gasteiger partial charge in [0.15, 0.2) is 34.7 Å². The fourth-order valence-electron chi connectivity index (χ4n) is 7.47. The molecule has 0 amide bonds. The summed E-state index contributed by atoms with van der Waals surface area (Å²) in [5.41, 5.74) is 2.49. The van der Waals surface area contributed by atoms with Gasteiger partial charge < -0.3 is 34.3 Å². The van der Waals surface area contributed by atoms with Crippen molar-refractivity contribution in [1.29, 1.82) is 0 Å². The van der Waals surface area contributed by atoms with Gasteiger partial charge in [-0.1, -0.05) is 105 Å². The molecule has 0 bridgehead atoms. The lowest BCUT2D eigenvalue weighted by Gasteiger charge is -2.11. The van der Waals surface area contributed by atoms with Crippen molar-refractivity contribution < 1.29 is 111 Å². The molecule has 0 aromatic heterocycles. The van der Waals surface area contributed by atoms with Crippen molar-refractivity contribution in [1.82, 2.24) is 0 Å². The normalized spacial score (nSPS) is 11.3. The molecule has 6 rings (SSSR count). The number of carbonyl (C=O) groups excluding carboxylic acids is 3. The molecular weight excluding hydrogens is 1120 g/mol. The van der Waals surface area contributed by atoms with E-state index in [1.54, 1.807) is 0 Å². The summed E-state index contributed by atoms with van der Waals surface area (Å²) in [7, 11) is 0. The highest BCUT2D eigenvalue weighted by atomic mass is 19.4. The van der Waals surface area contributed by atoms with Crippen LogP contribution in [-0.4, -0.2) is 63.9 Å². The molecule has 0 unspecified atom stereocenters. The minimum atomic E-state index is -5.04. The van der Waals surface area contributed by atoms with Crippen molar-refractivity contribution in [3.63, 3.8) is 0 Å². The largest absolute Gasteiger partial charge is 0.573 e. The molecule has 0 spiro atoms. The van der Waals surface area contributed by atoms with Gasteiger partial charge in [-0.15, -0.1) is 39.5 Å². The zero-order valence-electron chi connectivity index (χ0n) is 43.1. The summed E-state index contributed by atoms with van der Waals surface area (Å²) in [4.78, 5) is 57.3. The Morgan fingerprint density at radius 2 is 0.683 bits per heavy atom. The van der Waals surface area contributed by atoms with Gasteiger partial charge in [0.2, 0.25) is 11.6 Å². The third-order valence-corrected chi connectivity index (χ3v) is 11.4. The van der Waals surface area contributed by atoms with Gasteiger partial charge in [-0.25, -0.2) is 13.2 Å². The molecule has 0 aliphatic carbocycles. The Hall–Kier alpha value is -8.57. The van der Waals surface area contributed by atoms with E-state index in [0.29, 0.717) is 72.8 Å².